The maximum atomic E-state index is 12.7. The predicted molar refractivity (Wildman–Crippen MR) is 79.8 cm³/mol. The minimum Gasteiger partial charge on any atom is -0.330 e. The molecule has 1 aromatic carbocycles. The van der Waals surface area contributed by atoms with Crippen LogP contribution in [-0.4, -0.2) is 33.1 Å². The van der Waals surface area contributed by atoms with Crippen molar-refractivity contribution in [3.8, 4) is 5.69 Å². The summed E-state index contributed by atoms with van der Waals surface area (Å²) in [4.78, 5) is 23.1. The number of nitrogens with zero attached hydrogens (tertiary/aromatic N) is 4. The number of carbonyl (C=O) groups excluding carboxylic acids is 1. The molecule has 1 unspecified atom stereocenters. The number of benzene rings is 1. The lowest BCUT2D eigenvalue weighted by Crippen LogP contribution is -2.44. The van der Waals surface area contributed by atoms with Crippen LogP contribution in [0, 0.1) is 0 Å². The monoisotopic (exact) mass is 317 g/mol. The van der Waals surface area contributed by atoms with E-state index in [1.165, 1.54) is 6.21 Å². The second kappa shape index (κ2) is 4.82. The molecule has 4 rings (SSSR count). The zero-order valence-electron chi connectivity index (χ0n) is 11.4. The van der Waals surface area contributed by atoms with Crippen molar-refractivity contribution in [1.82, 2.24) is 14.5 Å². The Balaban J connectivity index is 1.96. The lowest BCUT2D eigenvalue weighted by molar-refractivity contribution is 0.0460. The molecule has 22 heavy (non-hydrogen) atoms. The zero-order valence-corrected chi connectivity index (χ0v) is 12.2. The van der Waals surface area contributed by atoms with Crippen LogP contribution in [0.1, 0.15) is 34.2 Å². The van der Waals surface area contributed by atoms with Crippen LogP contribution < -0.4 is 5.90 Å². The Morgan fingerprint density at radius 1 is 1.50 bits per heavy atom. The van der Waals surface area contributed by atoms with E-state index in [9.17, 15) is 4.79 Å². The zero-order chi connectivity index (χ0) is 15.3. The van der Waals surface area contributed by atoms with Crippen molar-refractivity contribution in [2.45, 2.75) is 12.5 Å². The maximum absolute atomic E-state index is 12.7. The van der Waals surface area contributed by atoms with Crippen LogP contribution in [0.2, 0.25) is 5.02 Å². The Kier molecular flexibility index (Phi) is 2.91. The third kappa shape index (κ3) is 1.76. The Morgan fingerprint density at radius 3 is 3.09 bits per heavy atom. The van der Waals surface area contributed by atoms with Gasteiger partial charge in [0.25, 0.3) is 5.91 Å². The molecule has 1 fully saturated rings. The molecule has 1 saturated heterocycles. The van der Waals surface area contributed by atoms with Crippen LogP contribution in [-0.2, 0) is 4.94 Å². The van der Waals surface area contributed by atoms with Gasteiger partial charge in [0.15, 0.2) is 0 Å². The summed E-state index contributed by atoms with van der Waals surface area (Å²) in [6.07, 6.45) is 4.01. The lowest BCUT2D eigenvalue weighted by atomic mass is 9.98. The van der Waals surface area contributed by atoms with Gasteiger partial charge in [-0.2, -0.15) is 0 Å². The number of hydrogen-bond donors (Lipinski definition) is 1. The average Bonchev–Trinajstić information content (AvgIpc) is 2.84. The first-order valence-electron chi connectivity index (χ1n) is 6.78. The molecule has 0 saturated carbocycles. The molecule has 112 valence electrons. The van der Waals surface area contributed by atoms with Crippen molar-refractivity contribution < 1.29 is 9.73 Å². The van der Waals surface area contributed by atoms with Gasteiger partial charge in [-0.05, 0) is 24.6 Å². The number of amides is 1. The lowest BCUT2D eigenvalue weighted by Gasteiger charge is -2.39. The first-order chi connectivity index (χ1) is 10.7. The van der Waals surface area contributed by atoms with E-state index in [-0.39, 0.29) is 11.9 Å². The number of nitrogens with two attached hydrogens (primary N) is 1. The number of rotatable bonds is 2. The van der Waals surface area contributed by atoms with Gasteiger partial charge in [-0.15, -0.1) is 5.90 Å². The fourth-order valence-electron chi connectivity index (χ4n) is 3.03. The van der Waals surface area contributed by atoms with Crippen LogP contribution in [0.4, 0.5) is 0 Å². The molecule has 1 aromatic heterocycles. The smallest absolute Gasteiger partial charge is 0.256 e. The van der Waals surface area contributed by atoms with E-state index >= 15 is 0 Å². The third-order valence-corrected chi connectivity index (χ3v) is 4.35. The van der Waals surface area contributed by atoms with E-state index in [0.29, 0.717) is 22.8 Å². The molecular weight excluding hydrogens is 306 g/mol. The third-order valence-electron chi connectivity index (χ3n) is 4.11. The Hall–Kier alpha value is -2.38. The van der Waals surface area contributed by atoms with Crippen molar-refractivity contribution in [2.75, 3.05) is 6.54 Å². The van der Waals surface area contributed by atoms with Crippen LogP contribution in [0.25, 0.3) is 5.69 Å². The molecule has 1 amide bonds. The van der Waals surface area contributed by atoms with Gasteiger partial charge in [-0.25, -0.2) is 4.98 Å². The number of oxime groups is 1. The number of halogens is 1. The molecule has 3 heterocycles. The molecule has 2 N–H and O–H groups in total. The minimum atomic E-state index is -0.0274. The van der Waals surface area contributed by atoms with Gasteiger partial charge in [-0.1, -0.05) is 16.8 Å². The summed E-state index contributed by atoms with van der Waals surface area (Å²) in [6, 6.07) is 5.25. The molecule has 0 aliphatic carbocycles. The van der Waals surface area contributed by atoms with Gasteiger partial charge in [-0.3, -0.25) is 9.36 Å². The fraction of sp³-hybridized carbons (Fsp3) is 0.214. The van der Waals surface area contributed by atoms with E-state index in [1.54, 1.807) is 18.5 Å². The second-order valence-electron chi connectivity index (χ2n) is 5.19. The van der Waals surface area contributed by atoms with Crippen molar-refractivity contribution in [3.63, 3.8) is 0 Å². The SMILES string of the molecule is NON=Cc1ncn2c1C1CCN1C(=O)c1cc(Cl)ccc1-2. The predicted octanol–water partition coefficient (Wildman–Crippen LogP) is 1.65. The summed E-state index contributed by atoms with van der Waals surface area (Å²) in [5.41, 5.74) is 2.88. The van der Waals surface area contributed by atoms with Gasteiger partial charge < -0.3 is 9.84 Å². The number of imidazole rings is 1. The minimum absolute atomic E-state index is 0.0181. The molecule has 2 aliphatic rings. The van der Waals surface area contributed by atoms with Gasteiger partial charge in [0.1, 0.15) is 12.0 Å². The molecule has 8 heteroatoms. The molecule has 1 atom stereocenters. The summed E-state index contributed by atoms with van der Waals surface area (Å²) in [6.45, 7) is 0.713. The van der Waals surface area contributed by atoms with Crippen LogP contribution >= 0.6 is 11.6 Å². The molecule has 7 nitrogen and oxygen atoms in total. The van der Waals surface area contributed by atoms with Gasteiger partial charge in [0.05, 0.1) is 29.2 Å². The molecule has 2 aromatic rings. The molecule has 0 radical (unpaired) electrons. The van der Waals surface area contributed by atoms with Crippen LogP contribution in [0.3, 0.4) is 0 Å². The fourth-order valence-corrected chi connectivity index (χ4v) is 3.21. The van der Waals surface area contributed by atoms with Crippen molar-refractivity contribution >= 4 is 23.7 Å². The number of hydrogen-bond acceptors (Lipinski definition) is 5. The highest BCUT2D eigenvalue weighted by Gasteiger charge is 2.41. The van der Waals surface area contributed by atoms with Gasteiger partial charge >= 0.3 is 0 Å². The maximum Gasteiger partial charge on any atom is 0.256 e. The highest BCUT2D eigenvalue weighted by atomic mass is 35.5. The van der Waals surface area contributed by atoms with Crippen LogP contribution in [0.5, 0.6) is 0 Å². The Morgan fingerprint density at radius 2 is 2.36 bits per heavy atom. The van der Waals surface area contributed by atoms with E-state index in [2.05, 4.69) is 15.1 Å². The van der Waals surface area contributed by atoms with Crippen molar-refractivity contribution in [1.29, 1.82) is 0 Å². The summed E-state index contributed by atoms with van der Waals surface area (Å²) in [5, 5.41) is 4.11. The molecule has 2 aliphatic heterocycles. The number of carbonyl (C=O) groups is 1. The van der Waals surface area contributed by atoms with Crippen molar-refractivity contribution in [3.05, 3.63) is 46.5 Å². The van der Waals surface area contributed by atoms with Crippen molar-refractivity contribution in [2.24, 2.45) is 11.1 Å². The molecule has 0 spiro atoms. The number of fused-ring (bicyclic) bond motifs is 5. The van der Waals surface area contributed by atoms with Gasteiger partial charge in [0, 0.05) is 11.6 Å². The molecular formula is C14H12ClN5O2. The quantitative estimate of drug-likeness (QED) is 0.674. The van der Waals surface area contributed by atoms with E-state index in [4.69, 9.17) is 17.5 Å². The van der Waals surface area contributed by atoms with E-state index in [0.717, 1.165) is 17.8 Å². The normalized spacial score (nSPS) is 19.3. The second-order valence-corrected chi connectivity index (χ2v) is 5.63. The Labute approximate surface area is 130 Å². The first kappa shape index (κ1) is 13.3. The summed E-state index contributed by atoms with van der Waals surface area (Å²) < 4.78 is 1.91. The average molecular weight is 318 g/mol. The largest absolute Gasteiger partial charge is 0.330 e. The first-order valence-corrected chi connectivity index (χ1v) is 7.16. The van der Waals surface area contributed by atoms with E-state index in [1.807, 2.05) is 15.5 Å². The highest BCUT2D eigenvalue weighted by Crippen LogP contribution is 2.41. The topological polar surface area (TPSA) is 85.7 Å². The standard InChI is InChI=1S/C14H12ClN5O2/c15-8-1-2-11-9(5-8)14(21)19-4-3-12(19)13-10(6-18-22-16)17-7-20(11)13/h1-2,5-7,12H,3-4,16H2. The van der Waals surface area contributed by atoms with Gasteiger partial charge in [0.2, 0.25) is 0 Å². The summed E-state index contributed by atoms with van der Waals surface area (Å²) in [7, 11) is 0. The van der Waals surface area contributed by atoms with E-state index < -0.39 is 0 Å². The summed E-state index contributed by atoms with van der Waals surface area (Å²) >= 11 is 6.05. The van der Waals surface area contributed by atoms with Crippen LogP contribution in [0.15, 0.2) is 29.7 Å². The summed E-state index contributed by atoms with van der Waals surface area (Å²) in [5.74, 6) is 4.91. The number of aromatic nitrogens is 2. The molecule has 0 bridgehead atoms. The Bertz CT molecular complexity index is 801. The highest BCUT2D eigenvalue weighted by molar-refractivity contribution is 6.31.